The van der Waals surface area contributed by atoms with E-state index in [0.717, 1.165) is 5.92 Å². The Hall–Kier alpha value is -1.39. The van der Waals surface area contributed by atoms with Crippen LogP contribution in [0.1, 0.15) is 6.92 Å². The van der Waals surface area contributed by atoms with Gasteiger partial charge in [0.25, 0.3) is 0 Å². The molecule has 1 nitrogen and oxygen atoms in total. The van der Waals surface area contributed by atoms with Gasteiger partial charge in [-0.1, -0.05) is 5.92 Å². The van der Waals surface area contributed by atoms with Crippen LogP contribution in [0.2, 0.25) is 0 Å². The fraction of sp³-hybridized carbons (Fsp3) is 0.800. The van der Waals surface area contributed by atoms with Crippen LogP contribution in [0.25, 0.3) is 0 Å². The molecule has 0 aromatic carbocycles. The summed E-state index contributed by atoms with van der Waals surface area (Å²) in [5, 5.41) is 8.43. The normalized spacial score (nSPS) is 16.5. The Morgan fingerprint density at radius 2 is 1.00 bits per heavy atom. The van der Waals surface area contributed by atoms with E-state index in [9.17, 15) is 57.1 Å². The van der Waals surface area contributed by atoms with Crippen molar-refractivity contribution in [3.05, 3.63) is 0 Å². The van der Waals surface area contributed by atoms with Gasteiger partial charge in [0.05, 0.1) is 0 Å². The van der Waals surface area contributed by atoms with Gasteiger partial charge < -0.3 is 5.11 Å². The van der Waals surface area contributed by atoms with Crippen LogP contribution in [0, 0.1) is 11.8 Å². The maximum atomic E-state index is 13.1. The van der Waals surface area contributed by atoms with E-state index >= 15 is 0 Å². The highest BCUT2D eigenvalue weighted by atomic mass is 19.4. The van der Waals surface area contributed by atoms with Crippen molar-refractivity contribution in [2.75, 3.05) is 0 Å². The summed E-state index contributed by atoms with van der Waals surface area (Å²) in [6, 6.07) is 0. The SMILES string of the molecule is CC(O)C#CC(F)(F)C(F)(F)C(F)(F)C(F)(C(F)(F)F)C(F)(F)F. The third-order valence-corrected chi connectivity index (χ3v) is 2.44. The van der Waals surface area contributed by atoms with Gasteiger partial charge in [-0.15, -0.1) is 0 Å². The van der Waals surface area contributed by atoms with Crippen molar-refractivity contribution in [1.82, 2.24) is 0 Å². The van der Waals surface area contributed by atoms with E-state index in [4.69, 9.17) is 5.11 Å². The zero-order valence-corrected chi connectivity index (χ0v) is 10.9. The summed E-state index contributed by atoms with van der Waals surface area (Å²) in [6.07, 6.45) is -17.6. The molecule has 0 aromatic rings. The monoisotopic (exact) mass is 388 g/mol. The van der Waals surface area contributed by atoms with Crippen molar-refractivity contribution in [1.29, 1.82) is 0 Å². The second-order valence-corrected chi connectivity index (χ2v) is 4.32. The van der Waals surface area contributed by atoms with Crippen molar-refractivity contribution in [3.63, 3.8) is 0 Å². The molecule has 0 fully saturated rings. The maximum absolute atomic E-state index is 13.1. The minimum Gasteiger partial charge on any atom is -0.381 e. The minimum atomic E-state index is -7.99. The molecule has 1 unspecified atom stereocenters. The highest BCUT2D eigenvalue weighted by Crippen LogP contribution is 2.61. The second-order valence-electron chi connectivity index (χ2n) is 4.32. The van der Waals surface area contributed by atoms with Gasteiger partial charge in [-0.05, 0) is 12.8 Å². The molecule has 0 saturated carbocycles. The summed E-state index contributed by atoms with van der Waals surface area (Å²) in [7, 11) is 0. The molecule has 1 atom stereocenters. The first-order chi connectivity index (χ1) is 10.2. The van der Waals surface area contributed by atoms with Crippen LogP contribution in [0.4, 0.5) is 57.1 Å². The van der Waals surface area contributed by atoms with Crippen LogP contribution in [0.3, 0.4) is 0 Å². The van der Waals surface area contributed by atoms with Gasteiger partial charge in [0, 0.05) is 0 Å². The zero-order chi connectivity index (χ0) is 20.0. The second kappa shape index (κ2) is 5.85. The first-order valence-corrected chi connectivity index (χ1v) is 5.33. The van der Waals surface area contributed by atoms with Crippen molar-refractivity contribution >= 4 is 0 Å². The first kappa shape index (κ1) is 22.6. The number of alkyl halides is 13. The number of aliphatic hydroxyl groups excluding tert-OH is 1. The molecular weight excluding hydrogens is 383 g/mol. The predicted molar refractivity (Wildman–Crippen MR) is 50.2 cm³/mol. The van der Waals surface area contributed by atoms with Crippen LogP contribution in [-0.4, -0.2) is 47.0 Å². The van der Waals surface area contributed by atoms with Crippen molar-refractivity contribution in [2.45, 2.75) is 48.8 Å². The van der Waals surface area contributed by atoms with E-state index < -0.39 is 41.9 Å². The van der Waals surface area contributed by atoms with Crippen molar-refractivity contribution < 1.29 is 62.2 Å². The lowest BCUT2D eigenvalue weighted by Crippen LogP contribution is -2.73. The highest BCUT2D eigenvalue weighted by molar-refractivity contribution is 5.23. The molecule has 24 heavy (non-hydrogen) atoms. The molecule has 1 N–H and O–H groups in total. The highest BCUT2D eigenvalue weighted by Gasteiger charge is 2.93. The van der Waals surface area contributed by atoms with Crippen LogP contribution in [0.5, 0.6) is 0 Å². The average Bonchev–Trinajstić information content (AvgIpc) is 2.31. The molecule has 0 amide bonds. The lowest BCUT2D eigenvalue weighted by molar-refractivity contribution is -0.440. The van der Waals surface area contributed by atoms with E-state index in [2.05, 4.69) is 0 Å². The van der Waals surface area contributed by atoms with Crippen LogP contribution >= 0.6 is 0 Å². The molecule has 0 heterocycles. The molecule has 142 valence electrons. The molecule has 0 aliphatic heterocycles. The minimum absolute atomic E-state index is 0.0849. The number of aliphatic hydroxyl groups is 1. The van der Waals surface area contributed by atoms with Gasteiger partial charge >= 0.3 is 35.8 Å². The molecule has 0 aliphatic rings. The lowest BCUT2D eigenvalue weighted by Gasteiger charge is -2.40. The van der Waals surface area contributed by atoms with Crippen LogP contribution in [-0.2, 0) is 0 Å². The van der Waals surface area contributed by atoms with E-state index in [1.807, 2.05) is 0 Å². The largest absolute Gasteiger partial charge is 0.438 e. The van der Waals surface area contributed by atoms with Crippen LogP contribution in [0.15, 0.2) is 0 Å². The summed E-state index contributed by atoms with van der Waals surface area (Å²) in [4.78, 5) is 0. The average molecular weight is 388 g/mol. The maximum Gasteiger partial charge on any atom is 0.438 e. The van der Waals surface area contributed by atoms with Crippen molar-refractivity contribution in [3.8, 4) is 11.8 Å². The van der Waals surface area contributed by atoms with Gasteiger partial charge in [0.15, 0.2) is 0 Å². The molecule has 0 aromatic heterocycles. The van der Waals surface area contributed by atoms with Crippen molar-refractivity contribution in [2.24, 2.45) is 0 Å². The van der Waals surface area contributed by atoms with Gasteiger partial charge in [-0.3, -0.25) is 0 Å². The number of rotatable bonds is 3. The fourth-order valence-corrected chi connectivity index (χ4v) is 1.20. The Balaban J connectivity index is 6.52. The molecular formula is C10H5F13O. The topological polar surface area (TPSA) is 20.2 Å². The van der Waals surface area contributed by atoms with E-state index in [0.29, 0.717) is 6.92 Å². The Kier molecular flexibility index (Phi) is 5.51. The predicted octanol–water partition coefficient (Wildman–Crippen LogP) is 4.11. The summed E-state index contributed by atoms with van der Waals surface area (Å²) < 4.78 is 164. The summed E-state index contributed by atoms with van der Waals surface area (Å²) in [5.74, 6) is -21.4. The fourth-order valence-electron chi connectivity index (χ4n) is 1.20. The molecule has 14 heteroatoms. The smallest absolute Gasteiger partial charge is 0.381 e. The Morgan fingerprint density at radius 3 is 1.25 bits per heavy atom. The number of hydrogen-bond acceptors (Lipinski definition) is 1. The third kappa shape index (κ3) is 3.22. The van der Waals surface area contributed by atoms with Gasteiger partial charge in [-0.25, -0.2) is 4.39 Å². The molecule has 0 spiro atoms. The summed E-state index contributed by atoms with van der Waals surface area (Å²) >= 11 is 0. The first-order valence-electron chi connectivity index (χ1n) is 5.33. The zero-order valence-electron chi connectivity index (χ0n) is 10.9. The Bertz CT molecular complexity index is 502. The van der Waals surface area contributed by atoms with E-state index in [1.165, 1.54) is 0 Å². The summed E-state index contributed by atoms with van der Waals surface area (Å²) in [5.41, 5.74) is -7.99. The Morgan fingerprint density at radius 1 is 0.667 bits per heavy atom. The molecule has 0 aliphatic carbocycles. The standard InChI is InChI=1S/C10H5F13O/c1-4(24)2-3-5(11,12)7(14,15)8(16,17)6(13,9(18,19)20)10(21,22)23/h4,24H,1H3. The number of hydrogen-bond donors (Lipinski definition) is 1. The number of halogens is 13. The van der Waals surface area contributed by atoms with E-state index in [1.54, 1.807) is 0 Å². The molecule has 0 saturated heterocycles. The molecule has 0 radical (unpaired) electrons. The molecule has 0 bridgehead atoms. The quantitative estimate of drug-likeness (QED) is 0.570. The van der Waals surface area contributed by atoms with Gasteiger partial charge in [-0.2, -0.15) is 52.7 Å². The lowest BCUT2D eigenvalue weighted by atomic mass is 9.88. The Labute approximate surface area is 124 Å². The van der Waals surface area contributed by atoms with E-state index in [-0.39, 0.29) is 5.92 Å². The van der Waals surface area contributed by atoms with Gasteiger partial charge in [0.1, 0.15) is 6.10 Å². The molecule has 0 rings (SSSR count). The summed E-state index contributed by atoms with van der Waals surface area (Å²) in [6.45, 7) is 0.532. The van der Waals surface area contributed by atoms with Crippen LogP contribution < -0.4 is 0 Å². The van der Waals surface area contributed by atoms with Gasteiger partial charge in [0.2, 0.25) is 0 Å². The third-order valence-electron chi connectivity index (χ3n) is 2.44.